The average molecular weight is 350 g/mol. The Morgan fingerprint density at radius 3 is 2.86 bits per heavy atom. The van der Waals surface area contributed by atoms with Crippen LogP contribution in [0.4, 0.5) is 0 Å². The van der Waals surface area contributed by atoms with E-state index in [4.69, 9.17) is 9.47 Å². The Morgan fingerprint density at radius 2 is 2.10 bits per heavy atom. The number of hydrogen-bond donors (Lipinski definition) is 0. The zero-order valence-corrected chi connectivity index (χ0v) is 13.7. The molecule has 1 aliphatic heterocycles. The fourth-order valence-electron chi connectivity index (χ4n) is 3.50. The van der Waals surface area contributed by atoms with Gasteiger partial charge in [-0.2, -0.15) is 5.26 Å². The first-order valence-electron chi connectivity index (χ1n) is 7.71. The molecule has 112 valence electrons. The third-order valence-electron chi connectivity index (χ3n) is 4.57. The maximum atomic E-state index is 9.24. The van der Waals surface area contributed by atoms with Crippen molar-refractivity contribution in [2.24, 2.45) is 0 Å². The van der Waals surface area contributed by atoms with Crippen LogP contribution in [0.2, 0.25) is 0 Å². The van der Waals surface area contributed by atoms with Gasteiger partial charge in [0, 0.05) is 17.3 Å². The highest BCUT2D eigenvalue weighted by Crippen LogP contribution is 2.39. The molecule has 1 aromatic carbocycles. The van der Waals surface area contributed by atoms with Gasteiger partial charge in [-0.05, 0) is 31.0 Å². The summed E-state index contributed by atoms with van der Waals surface area (Å²) in [6.07, 6.45) is 8.16. The summed E-state index contributed by atoms with van der Waals surface area (Å²) >= 11 is 3.39. The lowest BCUT2D eigenvalue weighted by Crippen LogP contribution is -2.45. The Labute approximate surface area is 134 Å². The Morgan fingerprint density at radius 1 is 1.29 bits per heavy atom. The minimum Gasteiger partial charge on any atom is -0.489 e. The molecule has 1 saturated heterocycles. The SMILES string of the molecule is N#Cc1cc(Br)ccc1OC1CCOC2(CCCCC2)C1. The molecule has 4 heteroatoms. The van der Waals surface area contributed by atoms with Gasteiger partial charge in [-0.3, -0.25) is 0 Å². The number of nitrogens with zero attached hydrogens (tertiary/aromatic N) is 1. The summed E-state index contributed by atoms with van der Waals surface area (Å²) in [4.78, 5) is 0. The van der Waals surface area contributed by atoms with Gasteiger partial charge >= 0.3 is 0 Å². The molecule has 2 aliphatic rings. The third kappa shape index (κ3) is 3.41. The van der Waals surface area contributed by atoms with Gasteiger partial charge in [0.05, 0.1) is 17.8 Å². The summed E-state index contributed by atoms with van der Waals surface area (Å²) in [5.74, 6) is 0.693. The summed E-state index contributed by atoms with van der Waals surface area (Å²) in [5.41, 5.74) is 0.622. The third-order valence-corrected chi connectivity index (χ3v) is 5.06. The molecule has 21 heavy (non-hydrogen) atoms. The summed E-state index contributed by atoms with van der Waals surface area (Å²) in [5, 5.41) is 9.24. The molecule has 1 aromatic rings. The van der Waals surface area contributed by atoms with Gasteiger partial charge in [0.25, 0.3) is 0 Å². The summed E-state index contributed by atoms with van der Waals surface area (Å²) < 4.78 is 13.1. The second kappa shape index (κ2) is 6.37. The highest BCUT2D eigenvalue weighted by Gasteiger charge is 2.39. The van der Waals surface area contributed by atoms with Crippen LogP contribution >= 0.6 is 15.9 Å². The number of nitriles is 1. The largest absolute Gasteiger partial charge is 0.489 e. The lowest BCUT2D eigenvalue weighted by Gasteiger charge is -2.43. The standard InChI is InChI=1S/C17H20BrNO2/c18-14-4-5-16(13(10-14)12-19)21-15-6-9-20-17(11-15)7-2-1-3-8-17/h4-5,10,15H,1-3,6-9,11H2. The van der Waals surface area contributed by atoms with Crippen LogP contribution in [0.25, 0.3) is 0 Å². The molecule has 1 unspecified atom stereocenters. The smallest absolute Gasteiger partial charge is 0.137 e. The first-order chi connectivity index (χ1) is 10.2. The van der Waals surface area contributed by atoms with Gasteiger partial charge in [-0.15, -0.1) is 0 Å². The topological polar surface area (TPSA) is 42.2 Å². The molecule has 2 fully saturated rings. The van der Waals surface area contributed by atoms with Crippen molar-refractivity contribution < 1.29 is 9.47 Å². The molecule has 1 spiro atoms. The first kappa shape index (κ1) is 14.9. The Hall–Kier alpha value is -1.05. The van der Waals surface area contributed by atoms with Gasteiger partial charge < -0.3 is 9.47 Å². The second-order valence-corrected chi connectivity index (χ2v) is 6.99. The van der Waals surface area contributed by atoms with E-state index < -0.39 is 0 Å². The van der Waals surface area contributed by atoms with Gasteiger partial charge in [-0.1, -0.05) is 35.2 Å². The van der Waals surface area contributed by atoms with Crippen molar-refractivity contribution in [1.82, 2.24) is 0 Å². The van der Waals surface area contributed by atoms with Crippen molar-refractivity contribution in [2.75, 3.05) is 6.61 Å². The monoisotopic (exact) mass is 349 g/mol. The molecule has 3 rings (SSSR count). The van der Waals surface area contributed by atoms with E-state index in [-0.39, 0.29) is 11.7 Å². The van der Waals surface area contributed by atoms with E-state index in [0.717, 1.165) is 36.8 Å². The zero-order chi connectivity index (χ0) is 14.7. The van der Waals surface area contributed by atoms with E-state index in [1.807, 2.05) is 18.2 Å². The molecule has 0 aromatic heterocycles. The number of benzene rings is 1. The van der Waals surface area contributed by atoms with Crippen LogP contribution in [0.5, 0.6) is 5.75 Å². The van der Waals surface area contributed by atoms with Crippen LogP contribution in [0.1, 0.15) is 50.5 Å². The van der Waals surface area contributed by atoms with Crippen LogP contribution in [0, 0.1) is 11.3 Å². The van der Waals surface area contributed by atoms with Crippen LogP contribution in [-0.2, 0) is 4.74 Å². The number of ether oxygens (including phenoxy) is 2. The summed E-state index contributed by atoms with van der Waals surface area (Å²) in [6, 6.07) is 7.82. The zero-order valence-electron chi connectivity index (χ0n) is 12.1. The fourth-order valence-corrected chi connectivity index (χ4v) is 3.86. The van der Waals surface area contributed by atoms with Crippen LogP contribution in [-0.4, -0.2) is 18.3 Å². The molecule has 1 saturated carbocycles. The molecule has 1 atom stereocenters. The van der Waals surface area contributed by atoms with Gasteiger partial charge in [0.2, 0.25) is 0 Å². The van der Waals surface area contributed by atoms with E-state index in [1.54, 1.807) is 0 Å². The Kier molecular flexibility index (Phi) is 4.51. The van der Waals surface area contributed by atoms with Gasteiger partial charge in [0.1, 0.15) is 17.9 Å². The van der Waals surface area contributed by atoms with Crippen LogP contribution < -0.4 is 4.74 Å². The maximum Gasteiger partial charge on any atom is 0.137 e. The lowest BCUT2D eigenvalue weighted by atomic mass is 9.79. The Bertz CT molecular complexity index is 541. The van der Waals surface area contributed by atoms with Crippen LogP contribution in [0.3, 0.4) is 0 Å². The van der Waals surface area contributed by atoms with E-state index in [0.29, 0.717) is 11.3 Å². The van der Waals surface area contributed by atoms with E-state index >= 15 is 0 Å². The molecule has 1 aliphatic carbocycles. The number of hydrogen-bond acceptors (Lipinski definition) is 3. The molecular weight excluding hydrogens is 330 g/mol. The average Bonchev–Trinajstić information content (AvgIpc) is 2.50. The second-order valence-electron chi connectivity index (χ2n) is 6.08. The predicted octanol–water partition coefficient (Wildman–Crippen LogP) is 4.58. The highest BCUT2D eigenvalue weighted by atomic mass is 79.9. The van der Waals surface area contributed by atoms with Crippen LogP contribution in [0.15, 0.2) is 22.7 Å². The van der Waals surface area contributed by atoms with E-state index in [1.165, 1.54) is 19.3 Å². The summed E-state index contributed by atoms with van der Waals surface area (Å²) in [7, 11) is 0. The molecule has 0 amide bonds. The molecule has 1 heterocycles. The van der Waals surface area contributed by atoms with Crippen molar-refractivity contribution in [1.29, 1.82) is 5.26 Å². The highest BCUT2D eigenvalue weighted by molar-refractivity contribution is 9.10. The fraction of sp³-hybridized carbons (Fsp3) is 0.588. The van der Waals surface area contributed by atoms with Crippen molar-refractivity contribution in [3.8, 4) is 11.8 Å². The minimum atomic E-state index is 0.0311. The van der Waals surface area contributed by atoms with E-state index in [2.05, 4.69) is 22.0 Å². The van der Waals surface area contributed by atoms with E-state index in [9.17, 15) is 5.26 Å². The molecule has 0 radical (unpaired) electrons. The maximum absolute atomic E-state index is 9.24. The van der Waals surface area contributed by atoms with Crippen molar-refractivity contribution in [2.45, 2.75) is 56.7 Å². The quantitative estimate of drug-likeness (QED) is 0.784. The first-order valence-corrected chi connectivity index (χ1v) is 8.50. The molecular formula is C17H20BrNO2. The van der Waals surface area contributed by atoms with Crippen molar-refractivity contribution in [3.63, 3.8) is 0 Å². The lowest BCUT2D eigenvalue weighted by molar-refractivity contribution is -0.129. The van der Waals surface area contributed by atoms with Crippen molar-refractivity contribution >= 4 is 15.9 Å². The Balaban J connectivity index is 1.71. The summed E-state index contributed by atoms with van der Waals surface area (Å²) in [6.45, 7) is 0.767. The van der Waals surface area contributed by atoms with Crippen molar-refractivity contribution in [3.05, 3.63) is 28.2 Å². The number of halogens is 1. The normalized spacial score (nSPS) is 24.5. The molecule has 0 bridgehead atoms. The number of rotatable bonds is 2. The van der Waals surface area contributed by atoms with Gasteiger partial charge in [-0.25, -0.2) is 0 Å². The van der Waals surface area contributed by atoms with Gasteiger partial charge in [0.15, 0.2) is 0 Å². The predicted molar refractivity (Wildman–Crippen MR) is 84.3 cm³/mol. The molecule has 3 nitrogen and oxygen atoms in total. The minimum absolute atomic E-state index is 0.0311. The molecule has 0 N–H and O–H groups in total.